The van der Waals surface area contributed by atoms with E-state index in [-0.39, 0.29) is 18.0 Å². The number of hydrogen-bond acceptors (Lipinski definition) is 3. The number of ether oxygens (including phenoxy) is 1. The lowest BCUT2D eigenvalue weighted by atomic mass is 10.1. The van der Waals surface area contributed by atoms with E-state index >= 15 is 0 Å². The van der Waals surface area contributed by atoms with Gasteiger partial charge in [0.25, 0.3) is 5.91 Å². The van der Waals surface area contributed by atoms with E-state index in [0.29, 0.717) is 23.5 Å². The van der Waals surface area contributed by atoms with Crippen molar-refractivity contribution in [1.29, 1.82) is 0 Å². The van der Waals surface area contributed by atoms with Gasteiger partial charge in [-0.25, -0.2) is 4.79 Å². The molecule has 3 N–H and O–H groups in total. The summed E-state index contributed by atoms with van der Waals surface area (Å²) in [4.78, 5) is 24.3. The second-order valence-corrected chi connectivity index (χ2v) is 5.87. The van der Waals surface area contributed by atoms with Crippen molar-refractivity contribution in [3.63, 3.8) is 0 Å². The van der Waals surface area contributed by atoms with Crippen molar-refractivity contribution in [3.05, 3.63) is 60.2 Å². The van der Waals surface area contributed by atoms with Gasteiger partial charge in [0, 0.05) is 30.1 Å². The smallest absolute Gasteiger partial charge is 0.323 e. The average Bonchev–Trinajstić information content (AvgIpc) is 3.14. The molecule has 130 valence electrons. The number of benzene rings is 2. The number of anilines is 2. The fraction of sp³-hybridized carbons (Fsp3) is 0.263. The Kier molecular flexibility index (Phi) is 5.64. The SMILES string of the molecule is O=C(Nc1ccccc1)Nc1cccc(C(=O)NC[C@H]2CCCO2)c1. The van der Waals surface area contributed by atoms with E-state index in [1.54, 1.807) is 36.4 Å². The number of hydrogen-bond donors (Lipinski definition) is 3. The van der Waals surface area contributed by atoms with Crippen molar-refractivity contribution in [2.24, 2.45) is 0 Å². The first-order chi connectivity index (χ1) is 12.2. The molecule has 6 nitrogen and oxygen atoms in total. The van der Waals surface area contributed by atoms with Crippen molar-refractivity contribution in [3.8, 4) is 0 Å². The van der Waals surface area contributed by atoms with Gasteiger partial charge in [0.2, 0.25) is 0 Å². The lowest BCUT2D eigenvalue weighted by Gasteiger charge is -2.12. The Labute approximate surface area is 146 Å². The third-order valence-electron chi connectivity index (χ3n) is 3.93. The molecule has 1 atom stereocenters. The molecule has 3 amide bonds. The molecular formula is C19H21N3O3. The molecule has 0 aliphatic carbocycles. The first-order valence-electron chi connectivity index (χ1n) is 8.33. The molecule has 0 saturated carbocycles. The number of amides is 3. The predicted octanol–water partition coefficient (Wildman–Crippen LogP) is 3.24. The van der Waals surface area contributed by atoms with Crippen LogP contribution in [-0.2, 0) is 4.74 Å². The summed E-state index contributed by atoms with van der Waals surface area (Å²) >= 11 is 0. The molecule has 0 bridgehead atoms. The monoisotopic (exact) mass is 339 g/mol. The Balaban J connectivity index is 1.55. The van der Waals surface area contributed by atoms with Crippen molar-refractivity contribution in [1.82, 2.24) is 5.32 Å². The van der Waals surface area contributed by atoms with Crippen LogP contribution in [-0.4, -0.2) is 31.2 Å². The third kappa shape index (κ3) is 5.06. The highest BCUT2D eigenvalue weighted by Crippen LogP contribution is 2.13. The summed E-state index contributed by atoms with van der Waals surface area (Å²) in [6, 6.07) is 15.6. The zero-order chi connectivity index (χ0) is 17.5. The second kappa shape index (κ2) is 8.30. The Hall–Kier alpha value is -2.86. The average molecular weight is 339 g/mol. The summed E-state index contributed by atoms with van der Waals surface area (Å²) in [6.45, 7) is 1.27. The van der Waals surface area contributed by atoms with E-state index in [4.69, 9.17) is 4.74 Å². The molecule has 1 saturated heterocycles. The normalized spacial score (nSPS) is 16.2. The molecule has 0 radical (unpaired) electrons. The van der Waals surface area contributed by atoms with E-state index in [1.165, 1.54) is 0 Å². The fourth-order valence-electron chi connectivity index (χ4n) is 2.67. The minimum absolute atomic E-state index is 0.0990. The molecule has 2 aromatic carbocycles. The molecular weight excluding hydrogens is 318 g/mol. The maximum atomic E-state index is 12.2. The lowest BCUT2D eigenvalue weighted by Crippen LogP contribution is -2.31. The van der Waals surface area contributed by atoms with Crippen LogP contribution in [0.3, 0.4) is 0 Å². The Morgan fingerprint density at radius 2 is 1.76 bits per heavy atom. The topological polar surface area (TPSA) is 79.5 Å². The summed E-state index contributed by atoms with van der Waals surface area (Å²) in [5, 5.41) is 8.33. The lowest BCUT2D eigenvalue weighted by molar-refractivity contribution is 0.0858. The number of para-hydroxylation sites is 1. The van der Waals surface area contributed by atoms with Gasteiger partial charge < -0.3 is 20.7 Å². The Morgan fingerprint density at radius 3 is 2.52 bits per heavy atom. The van der Waals surface area contributed by atoms with Crippen LogP contribution in [0.1, 0.15) is 23.2 Å². The van der Waals surface area contributed by atoms with Crippen LogP contribution in [0.4, 0.5) is 16.2 Å². The van der Waals surface area contributed by atoms with Crippen LogP contribution in [0.15, 0.2) is 54.6 Å². The third-order valence-corrected chi connectivity index (χ3v) is 3.93. The van der Waals surface area contributed by atoms with Crippen LogP contribution in [0, 0.1) is 0 Å². The van der Waals surface area contributed by atoms with Gasteiger partial charge in [0.15, 0.2) is 0 Å². The summed E-state index contributed by atoms with van der Waals surface area (Å²) in [5.74, 6) is -0.178. The fourth-order valence-corrected chi connectivity index (χ4v) is 2.67. The van der Waals surface area contributed by atoms with Gasteiger partial charge in [-0.2, -0.15) is 0 Å². The van der Waals surface area contributed by atoms with Gasteiger partial charge >= 0.3 is 6.03 Å². The molecule has 1 heterocycles. The van der Waals surface area contributed by atoms with Gasteiger partial charge in [-0.05, 0) is 43.2 Å². The molecule has 0 unspecified atom stereocenters. The van der Waals surface area contributed by atoms with Crippen LogP contribution < -0.4 is 16.0 Å². The first-order valence-corrected chi connectivity index (χ1v) is 8.33. The van der Waals surface area contributed by atoms with Gasteiger partial charge in [-0.3, -0.25) is 4.79 Å². The van der Waals surface area contributed by atoms with Crippen LogP contribution >= 0.6 is 0 Å². The van der Waals surface area contributed by atoms with Crippen LogP contribution in [0.25, 0.3) is 0 Å². The molecule has 1 aliphatic heterocycles. The number of carbonyl (C=O) groups is 2. The molecule has 1 fully saturated rings. The van der Waals surface area contributed by atoms with Crippen molar-refractivity contribution in [2.45, 2.75) is 18.9 Å². The van der Waals surface area contributed by atoms with Gasteiger partial charge in [0.1, 0.15) is 0 Å². The molecule has 1 aliphatic rings. The summed E-state index contributed by atoms with van der Waals surface area (Å²) in [7, 11) is 0. The standard InChI is InChI=1S/C19H21N3O3/c23-18(20-13-17-10-5-11-25-17)14-6-4-9-16(12-14)22-19(24)21-15-7-2-1-3-8-15/h1-4,6-9,12,17H,5,10-11,13H2,(H,20,23)(H2,21,22,24)/t17-/m1/s1. The molecule has 3 rings (SSSR count). The highest BCUT2D eigenvalue weighted by atomic mass is 16.5. The first kappa shape index (κ1) is 17.0. The molecule has 0 aromatic heterocycles. The number of nitrogens with one attached hydrogen (secondary N) is 3. The number of urea groups is 1. The summed E-state index contributed by atoms with van der Waals surface area (Å²) in [6.07, 6.45) is 2.11. The molecule has 25 heavy (non-hydrogen) atoms. The molecule has 0 spiro atoms. The second-order valence-electron chi connectivity index (χ2n) is 5.87. The minimum atomic E-state index is -0.358. The summed E-state index contributed by atoms with van der Waals surface area (Å²) < 4.78 is 5.49. The van der Waals surface area contributed by atoms with E-state index in [0.717, 1.165) is 19.4 Å². The van der Waals surface area contributed by atoms with Crippen LogP contribution in [0.5, 0.6) is 0 Å². The van der Waals surface area contributed by atoms with Crippen molar-refractivity contribution in [2.75, 3.05) is 23.8 Å². The number of carbonyl (C=O) groups excluding carboxylic acids is 2. The Morgan fingerprint density at radius 1 is 1.00 bits per heavy atom. The molecule has 6 heteroatoms. The maximum Gasteiger partial charge on any atom is 0.323 e. The largest absolute Gasteiger partial charge is 0.376 e. The maximum absolute atomic E-state index is 12.2. The van der Waals surface area contributed by atoms with Gasteiger partial charge in [-0.1, -0.05) is 24.3 Å². The number of rotatable bonds is 5. The summed E-state index contributed by atoms with van der Waals surface area (Å²) in [5.41, 5.74) is 1.75. The minimum Gasteiger partial charge on any atom is -0.376 e. The highest BCUT2D eigenvalue weighted by Gasteiger charge is 2.16. The van der Waals surface area contributed by atoms with E-state index < -0.39 is 0 Å². The quantitative estimate of drug-likeness (QED) is 0.782. The van der Waals surface area contributed by atoms with Crippen molar-refractivity contribution >= 4 is 23.3 Å². The van der Waals surface area contributed by atoms with E-state index in [9.17, 15) is 9.59 Å². The van der Waals surface area contributed by atoms with Gasteiger partial charge in [-0.15, -0.1) is 0 Å². The van der Waals surface area contributed by atoms with Crippen LogP contribution in [0.2, 0.25) is 0 Å². The predicted molar refractivity (Wildman–Crippen MR) is 96.8 cm³/mol. The van der Waals surface area contributed by atoms with Crippen molar-refractivity contribution < 1.29 is 14.3 Å². The molecule has 2 aromatic rings. The zero-order valence-corrected chi connectivity index (χ0v) is 13.8. The van der Waals surface area contributed by atoms with Gasteiger partial charge in [0.05, 0.1) is 6.10 Å². The van der Waals surface area contributed by atoms with E-state index in [2.05, 4.69) is 16.0 Å². The zero-order valence-electron chi connectivity index (χ0n) is 13.8. The highest BCUT2D eigenvalue weighted by molar-refractivity contribution is 6.01. The Bertz CT molecular complexity index is 728. The van der Waals surface area contributed by atoms with E-state index in [1.807, 2.05) is 18.2 Å².